The van der Waals surface area contributed by atoms with Crippen LogP contribution < -0.4 is 9.79 Å². The third kappa shape index (κ3) is 34.7. The van der Waals surface area contributed by atoms with Crippen molar-refractivity contribution in [3.8, 4) is 0 Å². The van der Waals surface area contributed by atoms with Crippen LogP contribution in [0.3, 0.4) is 0 Å². The average Bonchev–Trinajstić information content (AvgIpc) is 2.98. The summed E-state index contributed by atoms with van der Waals surface area (Å²) in [6.07, 6.45) is 23.4. The minimum absolute atomic E-state index is 0. The standard InChI is InChI=1S/C18H30O3S.C9H15N.CHF3O3S.Ca.H4O7P2/c1-2-3-4-5-6-7-8-9-10-14-17-21-22(19,20)18-15-12-11-13-16-18;1-2-3-7-10-8-5-4-6-9-10;2-1(3,4)8(5,6)7;;1-8(2,3)7-9(4,5)6/h11-13,15-16H,2-10,14,17H2,1H3;4-6,8H,2-3,7,9H2,1H3;(H,5,6,7);;(H2,1,2,3)(H2,4,5,6)/q;;;+2;/p-2. The molecule has 0 bridgehead atoms. The number of halogens is 3. The third-order valence-corrected chi connectivity index (χ3v) is 9.51. The molecule has 0 spiro atoms. The van der Waals surface area contributed by atoms with Gasteiger partial charge in [0.2, 0.25) is 0 Å². The second-order valence-corrected chi connectivity index (χ2v) is 15.9. The van der Waals surface area contributed by atoms with Gasteiger partial charge in [0.15, 0.2) is 0 Å². The van der Waals surface area contributed by atoms with Crippen LogP contribution in [0.4, 0.5) is 13.2 Å². The molecule has 0 aliphatic carbocycles. The zero-order valence-electron chi connectivity index (χ0n) is 28.2. The van der Waals surface area contributed by atoms with Gasteiger partial charge in [0.1, 0.15) is 0 Å². The van der Waals surface area contributed by atoms with Crippen molar-refractivity contribution >= 4 is 73.6 Å². The molecule has 1 aliphatic heterocycles. The maximum atomic E-state index is 11.9. The minimum Gasteiger partial charge on any atom is -0.789 e. The molecule has 0 unspecified atom stereocenters. The summed E-state index contributed by atoms with van der Waals surface area (Å²) in [6, 6.07) is 8.33. The maximum absolute atomic E-state index is 11.9. The van der Waals surface area contributed by atoms with Gasteiger partial charge in [-0.3, -0.25) is 13.0 Å². The molecule has 14 nitrogen and oxygen atoms in total. The first-order valence-electron chi connectivity index (χ1n) is 15.4. The maximum Gasteiger partial charge on any atom is 2.00 e. The minimum atomic E-state index is -5.84. The number of benzene rings is 1. The molecule has 0 radical (unpaired) electrons. The topological polar surface area (TPSA) is 231 Å². The van der Waals surface area contributed by atoms with Crippen molar-refractivity contribution in [2.24, 2.45) is 0 Å². The number of phosphoric acid groups is 2. The Morgan fingerprint density at radius 3 is 1.64 bits per heavy atom. The Labute approximate surface area is 323 Å². The van der Waals surface area contributed by atoms with E-state index in [4.69, 9.17) is 26.9 Å². The molecule has 1 aliphatic rings. The molecule has 0 aromatic heterocycles. The molecule has 22 heteroatoms. The Morgan fingerprint density at radius 2 is 1.28 bits per heavy atom. The number of nitrogens with zero attached hydrogens (tertiary/aromatic N) is 1. The normalized spacial score (nSPS) is 13.1. The van der Waals surface area contributed by atoms with Crippen LogP contribution in [-0.2, 0) is 37.9 Å². The van der Waals surface area contributed by atoms with Gasteiger partial charge in [0.05, 0.1) is 19.3 Å². The summed E-state index contributed by atoms with van der Waals surface area (Å²) in [5.74, 6) is 0. The van der Waals surface area contributed by atoms with Crippen LogP contribution in [0, 0.1) is 0 Å². The van der Waals surface area contributed by atoms with Crippen molar-refractivity contribution in [3.05, 3.63) is 54.8 Å². The van der Waals surface area contributed by atoms with Gasteiger partial charge in [-0.15, -0.1) is 0 Å². The molecular weight excluding hydrogens is 781 g/mol. The molecule has 0 saturated carbocycles. The van der Waals surface area contributed by atoms with Gasteiger partial charge in [0.25, 0.3) is 10.1 Å². The van der Waals surface area contributed by atoms with E-state index in [9.17, 15) is 40.5 Å². The summed E-state index contributed by atoms with van der Waals surface area (Å²) in [4.78, 5) is 36.7. The third-order valence-electron chi connectivity index (χ3n) is 5.95. The van der Waals surface area contributed by atoms with E-state index in [2.05, 4.69) is 47.5 Å². The Hall–Kier alpha value is -0.370. The fraction of sp³-hybridized carbons (Fsp3) is 0.643. The molecule has 1 aromatic carbocycles. The van der Waals surface area contributed by atoms with E-state index >= 15 is 0 Å². The van der Waals surface area contributed by atoms with Crippen molar-refractivity contribution in [2.75, 3.05) is 19.7 Å². The van der Waals surface area contributed by atoms with Crippen molar-refractivity contribution in [3.63, 3.8) is 0 Å². The summed E-state index contributed by atoms with van der Waals surface area (Å²) >= 11 is 0. The van der Waals surface area contributed by atoms with E-state index in [0.717, 1.165) is 19.4 Å². The monoisotopic (exact) mass is 829 g/mol. The summed E-state index contributed by atoms with van der Waals surface area (Å²) in [7, 11) is -20.1. The molecule has 1 aromatic rings. The number of alkyl halides is 3. The number of rotatable bonds is 18. The Kier molecular flexibility index (Phi) is 31.4. The zero-order chi connectivity index (χ0) is 38.0. The van der Waals surface area contributed by atoms with Gasteiger partial charge in [-0.1, -0.05) is 108 Å². The van der Waals surface area contributed by atoms with Crippen LogP contribution >= 0.6 is 15.6 Å². The molecule has 50 heavy (non-hydrogen) atoms. The van der Waals surface area contributed by atoms with Crippen LogP contribution in [0.25, 0.3) is 0 Å². The summed E-state index contributed by atoms with van der Waals surface area (Å²) in [6.45, 7) is 7.05. The van der Waals surface area contributed by atoms with Gasteiger partial charge < -0.3 is 29.0 Å². The Balaban J connectivity index is -0.000000657. The number of hydrogen-bond acceptors (Lipinski definition) is 11. The van der Waals surface area contributed by atoms with Crippen LogP contribution in [0.1, 0.15) is 90.9 Å². The SMILES string of the molecule is CCCCCCCCCCCCOS(=O)(=O)c1ccccc1.CCCCN1C=CC=CC1.O=P([O-])([O-])OP(=O)(O)O.O=S(=O)(O)C(F)(F)F.[Ca+2]. The van der Waals surface area contributed by atoms with Gasteiger partial charge in [0, 0.05) is 13.1 Å². The second-order valence-electron chi connectivity index (χ2n) is 10.3. The van der Waals surface area contributed by atoms with E-state index in [0.29, 0.717) is 0 Å². The van der Waals surface area contributed by atoms with E-state index in [-0.39, 0.29) is 49.2 Å². The van der Waals surface area contributed by atoms with Crippen molar-refractivity contribution in [1.82, 2.24) is 4.90 Å². The van der Waals surface area contributed by atoms with Gasteiger partial charge in [-0.25, -0.2) is 4.57 Å². The van der Waals surface area contributed by atoms with Gasteiger partial charge in [-0.05, 0) is 37.3 Å². The molecule has 0 fully saturated rings. The van der Waals surface area contributed by atoms with Crippen LogP contribution in [0.5, 0.6) is 0 Å². The fourth-order valence-electron chi connectivity index (χ4n) is 3.58. The summed E-state index contributed by atoms with van der Waals surface area (Å²) in [5.41, 5.74) is -5.53. The number of allylic oxidation sites excluding steroid dienone is 2. The molecule has 288 valence electrons. The van der Waals surface area contributed by atoms with E-state index < -0.39 is 41.4 Å². The first kappa shape index (κ1) is 54.0. The van der Waals surface area contributed by atoms with Crippen LogP contribution in [0.15, 0.2) is 59.7 Å². The second kappa shape index (κ2) is 29.0. The molecule has 2 rings (SSSR count). The van der Waals surface area contributed by atoms with Crippen LogP contribution in [0.2, 0.25) is 0 Å². The molecule has 1 heterocycles. The van der Waals surface area contributed by atoms with Crippen molar-refractivity contribution < 1.29 is 71.8 Å². The summed E-state index contributed by atoms with van der Waals surface area (Å²) < 4.78 is 108. The first-order valence-corrected chi connectivity index (χ1v) is 21.2. The van der Waals surface area contributed by atoms with Crippen molar-refractivity contribution in [1.29, 1.82) is 0 Å². The Morgan fingerprint density at radius 1 is 0.820 bits per heavy atom. The fourth-order valence-corrected chi connectivity index (χ4v) is 5.58. The van der Waals surface area contributed by atoms with Gasteiger partial charge in [-0.2, -0.15) is 30.0 Å². The van der Waals surface area contributed by atoms with Gasteiger partial charge >= 0.3 is 61.2 Å². The van der Waals surface area contributed by atoms with E-state index in [1.807, 2.05) is 0 Å². The smallest absolute Gasteiger partial charge is 0.789 e. The van der Waals surface area contributed by atoms with E-state index in [1.165, 1.54) is 70.8 Å². The summed E-state index contributed by atoms with van der Waals surface area (Å²) in [5, 5.41) is 0. The molecule has 0 amide bonds. The van der Waals surface area contributed by atoms with Crippen LogP contribution in [-0.4, -0.2) is 99.0 Å². The number of hydrogen-bond donors (Lipinski definition) is 3. The van der Waals surface area contributed by atoms with Crippen molar-refractivity contribution in [2.45, 2.75) is 101 Å². The largest absolute Gasteiger partial charge is 2.00 e. The molecule has 3 N–H and O–H groups in total. The average molecular weight is 830 g/mol. The number of unbranched alkanes of at least 4 members (excludes halogenated alkanes) is 10. The zero-order valence-corrected chi connectivity index (χ0v) is 33.9. The quantitative estimate of drug-likeness (QED) is 0.0419. The van der Waals surface area contributed by atoms with E-state index in [1.54, 1.807) is 30.3 Å². The predicted molar refractivity (Wildman–Crippen MR) is 180 cm³/mol. The predicted octanol–water partition coefficient (Wildman–Crippen LogP) is 5.42. The molecule has 0 atom stereocenters. The molecular formula is C28H48CaF3NO13P2S2. The first-order chi connectivity index (χ1) is 22.6. The Bertz CT molecular complexity index is 1350. The molecule has 0 saturated heterocycles.